The lowest BCUT2D eigenvalue weighted by Gasteiger charge is -2.05. The number of anilines is 1. The third-order valence-electron chi connectivity index (χ3n) is 2.39. The normalized spacial score (nSPS) is 10.3. The van der Waals surface area contributed by atoms with Crippen LogP contribution in [0.5, 0.6) is 0 Å². The molecule has 5 heteroatoms. The molecule has 1 aromatic heterocycles. The predicted molar refractivity (Wildman–Crippen MR) is 73.4 cm³/mol. The van der Waals surface area contributed by atoms with Crippen molar-refractivity contribution in [2.24, 2.45) is 0 Å². The van der Waals surface area contributed by atoms with Gasteiger partial charge in [0.2, 0.25) is 5.91 Å². The predicted octanol–water partition coefficient (Wildman–Crippen LogP) is 2.39. The van der Waals surface area contributed by atoms with Gasteiger partial charge in [-0.1, -0.05) is 12.1 Å². The summed E-state index contributed by atoms with van der Waals surface area (Å²) in [7, 11) is 0. The smallest absolute Gasteiger partial charge is 0.221 e. The van der Waals surface area contributed by atoms with E-state index in [1.807, 2.05) is 36.0 Å². The molecule has 0 radical (unpaired) electrons. The van der Waals surface area contributed by atoms with Crippen molar-refractivity contribution in [1.29, 1.82) is 0 Å². The summed E-state index contributed by atoms with van der Waals surface area (Å²) in [5.41, 5.74) is 3.85. The molecule has 94 valence electrons. The molecule has 0 bridgehead atoms. The summed E-state index contributed by atoms with van der Waals surface area (Å²) in [6.45, 7) is 3.14. The fraction of sp³-hybridized carbons (Fsp3) is 0.231. The summed E-state index contributed by atoms with van der Waals surface area (Å²) >= 11 is 1.65. The van der Waals surface area contributed by atoms with Crippen LogP contribution in [0.3, 0.4) is 0 Å². The molecule has 2 rings (SSSR count). The van der Waals surface area contributed by atoms with Gasteiger partial charge in [0.25, 0.3) is 0 Å². The van der Waals surface area contributed by atoms with Crippen LogP contribution in [-0.4, -0.2) is 10.9 Å². The summed E-state index contributed by atoms with van der Waals surface area (Å²) in [6, 6.07) is 7.83. The first-order chi connectivity index (χ1) is 8.74. The van der Waals surface area contributed by atoms with Gasteiger partial charge in [-0.15, -0.1) is 11.3 Å². The molecule has 0 spiro atoms. The van der Waals surface area contributed by atoms with Gasteiger partial charge >= 0.3 is 0 Å². The lowest BCUT2D eigenvalue weighted by molar-refractivity contribution is -0.114. The molecule has 4 nitrogen and oxygen atoms in total. The highest BCUT2D eigenvalue weighted by Gasteiger charge is 1.97. The molecule has 0 aliphatic heterocycles. The van der Waals surface area contributed by atoms with E-state index in [4.69, 9.17) is 0 Å². The first kappa shape index (κ1) is 12.7. The van der Waals surface area contributed by atoms with Crippen molar-refractivity contribution in [3.63, 3.8) is 0 Å². The Balaban J connectivity index is 1.81. The Bertz CT molecular complexity index is 493. The Hall–Kier alpha value is -1.72. The van der Waals surface area contributed by atoms with Crippen LogP contribution in [0.2, 0.25) is 0 Å². The first-order valence-corrected chi connectivity index (χ1v) is 6.56. The van der Waals surface area contributed by atoms with E-state index in [1.54, 1.807) is 11.3 Å². The molecule has 0 fully saturated rings. The van der Waals surface area contributed by atoms with Gasteiger partial charge in [0, 0.05) is 36.8 Å². The lowest BCUT2D eigenvalue weighted by Crippen LogP contribution is -2.12. The van der Waals surface area contributed by atoms with Gasteiger partial charge in [0.05, 0.1) is 5.51 Å². The van der Waals surface area contributed by atoms with Crippen molar-refractivity contribution in [3.8, 4) is 0 Å². The first-order valence-electron chi connectivity index (χ1n) is 5.68. The number of hydrogen-bond donors (Lipinski definition) is 2. The van der Waals surface area contributed by atoms with Gasteiger partial charge in [-0.3, -0.25) is 9.78 Å². The van der Waals surface area contributed by atoms with Crippen molar-refractivity contribution in [1.82, 2.24) is 10.3 Å². The van der Waals surface area contributed by atoms with E-state index in [2.05, 4.69) is 15.6 Å². The van der Waals surface area contributed by atoms with Gasteiger partial charge < -0.3 is 10.6 Å². The van der Waals surface area contributed by atoms with Crippen molar-refractivity contribution < 1.29 is 4.79 Å². The Kier molecular flexibility index (Phi) is 4.44. The molecule has 2 N–H and O–H groups in total. The van der Waals surface area contributed by atoms with E-state index in [-0.39, 0.29) is 5.91 Å². The standard InChI is InChI=1S/C13H15N3OS/c1-10(17)16-12-4-2-11(3-5-12)6-14-7-13-8-15-9-18-13/h2-5,8-9,14H,6-7H2,1H3,(H,16,17). The van der Waals surface area contributed by atoms with E-state index in [0.717, 1.165) is 18.8 Å². The second-order valence-corrected chi connectivity index (χ2v) is 4.92. The van der Waals surface area contributed by atoms with Crippen LogP contribution in [0, 0.1) is 0 Å². The molecule has 2 aromatic rings. The number of thiazole rings is 1. The molecule has 1 aromatic carbocycles. The molecule has 0 unspecified atom stereocenters. The Morgan fingerprint density at radius 2 is 2.06 bits per heavy atom. The SMILES string of the molecule is CC(=O)Nc1ccc(CNCc2cncs2)cc1. The Labute approximate surface area is 110 Å². The number of amides is 1. The van der Waals surface area contributed by atoms with Crippen molar-refractivity contribution >= 4 is 22.9 Å². The molecule has 0 saturated heterocycles. The molecule has 0 atom stereocenters. The van der Waals surface area contributed by atoms with Gasteiger partial charge in [0.1, 0.15) is 0 Å². The molecule has 18 heavy (non-hydrogen) atoms. The van der Waals surface area contributed by atoms with E-state index in [9.17, 15) is 4.79 Å². The van der Waals surface area contributed by atoms with Crippen LogP contribution in [-0.2, 0) is 17.9 Å². The summed E-state index contributed by atoms with van der Waals surface area (Å²) in [4.78, 5) is 16.1. The summed E-state index contributed by atoms with van der Waals surface area (Å²) < 4.78 is 0. The van der Waals surface area contributed by atoms with Gasteiger partial charge in [0.15, 0.2) is 0 Å². The van der Waals surface area contributed by atoms with Crippen molar-refractivity contribution in [2.75, 3.05) is 5.32 Å². The zero-order valence-electron chi connectivity index (χ0n) is 10.1. The van der Waals surface area contributed by atoms with E-state index in [1.165, 1.54) is 17.4 Å². The van der Waals surface area contributed by atoms with Crippen LogP contribution >= 0.6 is 11.3 Å². The molecule has 0 saturated carbocycles. The second-order valence-electron chi connectivity index (χ2n) is 3.95. The maximum absolute atomic E-state index is 10.9. The third kappa shape index (κ3) is 3.94. The molecule has 1 heterocycles. The van der Waals surface area contributed by atoms with Crippen LogP contribution in [0.25, 0.3) is 0 Å². The van der Waals surface area contributed by atoms with E-state index in [0.29, 0.717) is 0 Å². The van der Waals surface area contributed by atoms with Crippen LogP contribution in [0.15, 0.2) is 36.0 Å². The van der Waals surface area contributed by atoms with Crippen LogP contribution in [0.4, 0.5) is 5.69 Å². The average Bonchev–Trinajstić information content (AvgIpc) is 2.84. The number of nitrogens with zero attached hydrogens (tertiary/aromatic N) is 1. The summed E-state index contributed by atoms with van der Waals surface area (Å²) in [5, 5.41) is 6.09. The number of benzene rings is 1. The molecular formula is C13H15N3OS. The number of hydrogen-bond acceptors (Lipinski definition) is 4. The Morgan fingerprint density at radius 3 is 2.67 bits per heavy atom. The summed E-state index contributed by atoms with van der Waals surface area (Å²) in [5.74, 6) is -0.0499. The third-order valence-corrected chi connectivity index (χ3v) is 3.17. The highest BCUT2D eigenvalue weighted by Crippen LogP contribution is 2.10. The molecule has 0 aliphatic carbocycles. The topological polar surface area (TPSA) is 54.0 Å². The lowest BCUT2D eigenvalue weighted by atomic mass is 10.2. The van der Waals surface area contributed by atoms with Crippen molar-refractivity contribution in [3.05, 3.63) is 46.4 Å². The van der Waals surface area contributed by atoms with Crippen LogP contribution in [0.1, 0.15) is 17.4 Å². The van der Waals surface area contributed by atoms with Gasteiger partial charge in [-0.05, 0) is 17.7 Å². The largest absolute Gasteiger partial charge is 0.326 e. The summed E-state index contributed by atoms with van der Waals surface area (Å²) in [6.07, 6.45) is 1.87. The number of aromatic nitrogens is 1. The van der Waals surface area contributed by atoms with Crippen LogP contribution < -0.4 is 10.6 Å². The fourth-order valence-electron chi connectivity index (χ4n) is 1.57. The highest BCUT2D eigenvalue weighted by molar-refractivity contribution is 7.09. The van der Waals surface area contributed by atoms with Crippen molar-refractivity contribution in [2.45, 2.75) is 20.0 Å². The van der Waals surface area contributed by atoms with Gasteiger partial charge in [-0.2, -0.15) is 0 Å². The average molecular weight is 261 g/mol. The molecular weight excluding hydrogens is 246 g/mol. The minimum absolute atomic E-state index is 0.0499. The fourth-order valence-corrected chi connectivity index (χ4v) is 2.13. The van der Waals surface area contributed by atoms with E-state index < -0.39 is 0 Å². The number of carbonyl (C=O) groups excluding carboxylic acids is 1. The number of carbonyl (C=O) groups is 1. The quantitative estimate of drug-likeness (QED) is 0.869. The maximum atomic E-state index is 10.9. The highest BCUT2D eigenvalue weighted by atomic mass is 32.1. The monoisotopic (exact) mass is 261 g/mol. The van der Waals surface area contributed by atoms with Gasteiger partial charge in [-0.25, -0.2) is 0 Å². The second kappa shape index (κ2) is 6.28. The number of rotatable bonds is 5. The Morgan fingerprint density at radius 1 is 1.28 bits per heavy atom. The maximum Gasteiger partial charge on any atom is 0.221 e. The minimum atomic E-state index is -0.0499. The number of nitrogens with one attached hydrogen (secondary N) is 2. The zero-order valence-corrected chi connectivity index (χ0v) is 11.0. The minimum Gasteiger partial charge on any atom is -0.326 e. The molecule has 0 aliphatic rings. The molecule has 1 amide bonds. The zero-order chi connectivity index (χ0) is 12.8. The van der Waals surface area contributed by atoms with E-state index >= 15 is 0 Å².